The first-order valence-electron chi connectivity index (χ1n) is 10.9. The number of esters is 1. The zero-order valence-corrected chi connectivity index (χ0v) is 23.3. The van der Waals surface area contributed by atoms with Crippen LogP contribution in [0, 0.1) is 5.92 Å². The molecule has 12 heteroatoms. The molecule has 1 aromatic heterocycles. The van der Waals surface area contributed by atoms with Gasteiger partial charge in [-0.15, -0.1) is 0 Å². The van der Waals surface area contributed by atoms with Gasteiger partial charge in [-0.05, 0) is 42.8 Å². The van der Waals surface area contributed by atoms with Crippen LogP contribution in [-0.4, -0.2) is 34.2 Å². The number of thiazole rings is 1. The number of halogens is 3. The molecule has 3 atom stereocenters. The van der Waals surface area contributed by atoms with Gasteiger partial charge in [0.2, 0.25) is 11.8 Å². The summed E-state index contributed by atoms with van der Waals surface area (Å²) < 4.78 is 7.16. The molecule has 0 saturated carbocycles. The first kappa shape index (κ1) is 25.5. The van der Waals surface area contributed by atoms with Crippen LogP contribution in [0.3, 0.4) is 0 Å². The molecule has 2 aliphatic rings. The molecule has 0 radical (unpaired) electrons. The molecule has 5 rings (SSSR count). The number of imide groups is 1. The molecule has 3 aromatic rings. The molecular formula is C24H17BrCl2N2O5S2. The number of carbonyl (C=O) groups is 3. The highest BCUT2D eigenvalue weighted by Gasteiger charge is 2.57. The molecular weight excluding hydrogens is 611 g/mol. The summed E-state index contributed by atoms with van der Waals surface area (Å²) in [6.45, 7) is 1.56. The Labute approximate surface area is 232 Å². The number of carbonyl (C=O) groups excluding carboxylic acids is 3. The average molecular weight is 628 g/mol. The van der Waals surface area contributed by atoms with Gasteiger partial charge in [0.25, 0.3) is 0 Å². The van der Waals surface area contributed by atoms with Gasteiger partial charge in [-0.1, -0.05) is 74.4 Å². The summed E-state index contributed by atoms with van der Waals surface area (Å²) in [5.74, 6) is -2.86. The van der Waals surface area contributed by atoms with Crippen molar-refractivity contribution >= 4 is 85.7 Å². The largest absolute Gasteiger partial charge is 0.465 e. The van der Waals surface area contributed by atoms with Crippen LogP contribution in [0.4, 0.5) is 5.69 Å². The van der Waals surface area contributed by atoms with E-state index in [2.05, 4.69) is 15.9 Å². The van der Waals surface area contributed by atoms with Crippen molar-refractivity contribution in [1.82, 2.24) is 4.57 Å². The highest BCUT2D eigenvalue weighted by atomic mass is 79.9. The predicted octanol–water partition coefficient (Wildman–Crippen LogP) is 5.34. The van der Waals surface area contributed by atoms with Crippen molar-refractivity contribution < 1.29 is 19.1 Å². The van der Waals surface area contributed by atoms with Crippen molar-refractivity contribution in [3.05, 3.63) is 77.1 Å². The minimum absolute atomic E-state index is 0.174. The van der Waals surface area contributed by atoms with Crippen LogP contribution >= 0.6 is 62.2 Å². The second kappa shape index (κ2) is 9.98. The molecule has 3 unspecified atom stereocenters. The summed E-state index contributed by atoms with van der Waals surface area (Å²) in [7, 11) is 0. The standard InChI is InChI=1S/C24H17BrCl2N2O5S2/c1-2-34-15(30)10-28-23-20(36-24(28)33)16(13-4-3-5-14(26)18(13)27)17-19(35-23)22(32)29(21(17)31)12-8-6-11(25)7-9-12/h3-9,16-17,19H,2,10H2,1H3. The van der Waals surface area contributed by atoms with E-state index in [1.807, 2.05) is 0 Å². The molecule has 2 aromatic carbocycles. The minimum Gasteiger partial charge on any atom is -0.465 e. The van der Waals surface area contributed by atoms with Crippen molar-refractivity contribution in [3.63, 3.8) is 0 Å². The van der Waals surface area contributed by atoms with Gasteiger partial charge in [-0.3, -0.25) is 23.7 Å². The maximum Gasteiger partial charge on any atom is 0.326 e. The number of hydrogen-bond acceptors (Lipinski definition) is 7. The number of hydrogen-bond donors (Lipinski definition) is 0. The molecule has 0 spiro atoms. The number of nitrogens with zero attached hydrogens (tertiary/aromatic N) is 2. The average Bonchev–Trinajstić information content (AvgIpc) is 3.28. The monoisotopic (exact) mass is 626 g/mol. The quantitative estimate of drug-likeness (QED) is 0.281. The van der Waals surface area contributed by atoms with Crippen LogP contribution in [0.1, 0.15) is 23.3 Å². The third kappa shape index (κ3) is 4.22. The first-order chi connectivity index (χ1) is 17.2. The zero-order valence-electron chi connectivity index (χ0n) is 18.6. The third-order valence-electron chi connectivity index (χ3n) is 6.04. The van der Waals surface area contributed by atoms with Crippen molar-refractivity contribution in [2.24, 2.45) is 5.92 Å². The molecule has 3 heterocycles. The van der Waals surface area contributed by atoms with Crippen LogP contribution in [0.15, 0.2) is 56.8 Å². The molecule has 1 fully saturated rings. The van der Waals surface area contributed by atoms with E-state index in [-0.39, 0.29) is 29.0 Å². The maximum absolute atomic E-state index is 13.8. The molecule has 7 nitrogen and oxygen atoms in total. The summed E-state index contributed by atoms with van der Waals surface area (Å²) >= 11 is 18.4. The Hall–Kier alpha value is -2.11. The molecule has 0 aliphatic carbocycles. The number of amides is 2. The van der Waals surface area contributed by atoms with Crippen molar-refractivity contribution in [1.29, 1.82) is 0 Å². The van der Waals surface area contributed by atoms with E-state index < -0.39 is 29.0 Å². The lowest BCUT2D eigenvalue weighted by Crippen LogP contribution is -2.33. The lowest BCUT2D eigenvalue weighted by Gasteiger charge is -2.31. The number of aromatic nitrogens is 1. The van der Waals surface area contributed by atoms with Crippen LogP contribution < -0.4 is 9.77 Å². The highest BCUT2D eigenvalue weighted by molar-refractivity contribution is 9.10. The summed E-state index contributed by atoms with van der Waals surface area (Å²) in [4.78, 5) is 54.1. The van der Waals surface area contributed by atoms with Gasteiger partial charge in [0.1, 0.15) is 11.8 Å². The van der Waals surface area contributed by atoms with Crippen LogP contribution in [0.25, 0.3) is 0 Å². The molecule has 186 valence electrons. The highest BCUT2D eigenvalue weighted by Crippen LogP contribution is 2.55. The van der Waals surface area contributed by atoms with Crippen LogP contribution in [0.2, 0.25) is 10.0 Å². The summed E-state index contributed by atoms with van der Waals surface area (Å²) in [5.41, 5.74) is 0.996. The van der Waals surface area contributed by atoms with Crippen molar-refractivity contribution in [2.45, 2.75) is 29.7 Å². The molecule has 2 aliphatic heterocycles. The maximum atomic E-state index is 13.8. The predicted molar refractivity (Wildman–Crippen MR) is 143 cm³/mol. The molecule has 0 N–H and O–H groups in total. The van der Waals surface area contributed by atoms with E-state index in [1.165, 1.54) is 9.47 Å². The first-order valence-corrected chi connectivity index (χ1v) is 14.1. The van der Waals surface area contributed by atoms with E-state index in [0.717, 1.165) is 27.6 Å². The number of benzene rings is 2. The van der Waals surface area contributed by atoms with Crippen LogP contribution in [0.5, 0.6) is 0 Å². The van der Waals surface area contributed by atoms with Gasteiger partial charge < -0.3 is 4.74 Å². The third-order valence-corrected chi connectivity index (χ3v) is 10.0. The SMILES string of the molecule is CCOC(=O)Cn1c2c(sc1=O)C(c1cccc(Cl)c1Cl)C1C(=O)N(c3ccc(Br)cc3)C(=O)C1S2. The smallest absolute Gasteiger partial charge is 0.326 e. The fourth-order valence-corrected chi connectivity index (χ4v) is 7.99. The van der Waals surface area contributed by atoms with Crippen molar-refractivity contribution in [2.75, 3.05) is 11.5 Å². The summed E-state index contributed by atoms with van der Waals surface area (Å²) in [5, 5.41) is 0.182. The zero-order chi connectivity index (χ0) is 25.7. The van der Waals surface area contributed by atoms with Gasteiger partial charge in [0, 0.05) is 15.3 Å². The number of ether oxygens (including phenoxy) is 1. The fourth-order valence-electron chi connectivity index (χ4n) is 4.53. The van der Waals surface area contributed by atoms with Gasteiger partial charge in [0.15, 0.2) is 0 Å². The minimum atomic E-state index is -0.823. The van der Waals surface area contributed by atoms with Gasteiger partial charge in [0.05, 0.1) is 33.3 Å². The topological polar surface area (TPSA) is 85.7 Å². The Morgan fingerprint density at radius 2 is 1.81 bits per heavy atom. The number of rotatable bonds is 5. The molecule has 2 amide bonds. The second-order valence-electron chi connectivity index (χ2n) is 8.10. The molecule has 36 heavy (non-hydrogen) atoms. The van der Waals surface area contributed by atoms with E-state index in [9.17, 15) is 19.2 Å². The Morgan fingerprint density at radius 3 is 2.50 bits per heavy atom. The lowest BCUT2D eigenvalue weighted by atomic mass is 9.83. The lowest BCUT2D eigenvalue weighted by molar-refractivity contribution is -0.144. The normalized spacial score (nSPS) is 20.9. The summed E-state index contributed by atoms with van der Waals surface area (Å²) in [6, 6.07) is 12.0. The van der Waals surface area contributed by atoms with Crippen LogP contribution in [-0.2, 0) is 25.7 Å². The van der Waals surface area contributed by atoms with Gasteiger partial charge in [-0.2, -0.15) is 0 Å². The Kier molecular flexibility index (Phi) is 7.08. The number of fused-ring (bicyclic) bond motifs is 2. The van der Waals surface area contributed by atoms with E-state index in [4.69, 9.17) is 27.9 Å². The molecule has 0 bridgehead atoms. The fraction of sp³-hybridized carbons (Fsp3) is 0.250. The Morgan fingerprint density at radius 1 is 1.08 bits per heavy atom. The Bertz CT molecular complexity index is 1460. The van der Waals surface area contributed by atoms with E-state index in [0.29, 0.717) is 26.2 Å². The van der Waals surface area contributed by atoms with Gasteiger partial charge in [-0.25, -0.2) is 4.90 Å². The number of thioether (sulfide) groups is 1. The molecule has 1 saturated heterocycles. The number of anilines is 1. The second-order valence-corrected chi connectivity index (χ2v) is 11.9. The van der Waals surface area contributed by atoms with E-state index in [1.54, 1.807) is 49.4 Å². The summed E-state index contributed by atoms with van der Waals surface area (Å²) in [6.07, 6.45) is 0. The Balaban J connectivity index is 1.68. The van der Waals surface area contributed by atoms with Crippen molar-refractivity contribution in [3.8, 4) is 0 Å². The van der Waals surface area contributed by atoms with Gasteiger partial charge >= 0.3 is 10.8 Å². The van der Waals surface area contributed by atoms with E-state index >= 15 is 0 Å².